The standard InChI is InChI=1S/C22H25FN2O6S/c1-14-8-9-15(2)20(10-14)32(28,29)24-12-21(26)25-13-16(11-18(25)22(27)30-3)31-19-7-5-4-6-17(19)23/h4-10,16,18,24H,11-13H2,1-3H3. The molecule has 0 spiro atoms. The Kier molecular flexibility index (Phi) is 7.15. The van der Waals surface area contributed by atoms with Crippen molar-refractivity contribution in [2.75, 3.05) is 20.2 Å². The van der Waals surface area contributed by atoms with Crippen LogP contribution in [0.4, 0.5) is 4.39 Å². The Balaban J connectivity index is 1.72. The van der Waals surface area contributed by atoms with E-state index in [9.17, 15) is 22.4 Å². The van der Waals surface area contributed by atoms with Crippen LogP contribution in [0.1, 0.15) is 17.5 Å². The summed E-state index contributed by atoms with van der Waals surface area (Å²) in [5, 5.41) is 0. The maximum atomic E-state index is 13.9. The van der Waals surface area contributed by atoms with Crippen molar-refractivity contribution in [1.82, 2.24) is 9.62 Å². The van der Waals surface area contributed by atoms with E-state index in [2.05, 4.69) is 4.72 Å². The minimum Gasteiger partial charge on any atom is -0.485 e. The average Bonchev–Trinajstić information content (AvgIpc) is 3.18. The predicted molar refractivity (Wildman–Crippen MR) is 114 cm³/mol. The van der Waals surface area contributed by atoms with E-state index in [0.29, 0.717) is 5.56 Å². The van der Waals surface area contributed by atoms with Crippen LogP contribution in [0.2, 0.25) is 0 Å². The SMILES string of the molecule is COC(=O)C1CC(Oc2ccccc2F)CN1C(=O)CNS(=O)(=O)c1cc(C)ccc1C. The molecular formula is C22H25FN2O6S. The van der Waals surface area contributed by atoms with Gasteiger partial charge in [-0.25, -0.2) is 22.3 Å². The highest BCUT2D eigenvalue weighted by atomic mass is 32.2. The fourth-order valence-corrected chi connectivity index (χ4v) is 4.87. The lowest BCUT2D eigenvalue weighted by Gasteiger charge is -2.22. The summed E-state index contributed by atoms with van der Waals surface area (Å²) >= 11 is 0. The molecule has 3 rings (SSSR count). The first-order valence-corrected chi connectivity index (χ1v) is 11.5. The molecule has 0 saturated carbocycles. The minimum atomic E-state index is -3.94. The van der Waals surface area contributed by atoms with Gasteiger partial charge in [0.1, 0.15) is 12.1 Å². The van der Waals surface area contributed by atoms with Gasteiger partial charge in [0, 0.05) is 6.42 Å². The van der Waals surface area contributed by atoms with Crippen molar-refractivity contribution in [2.24, 2.45) is 0 Å². The number of carbonyl (C=O) groups excluding carboxylic acids is 2. The topological polar surface area (TPSA) is 102 Å². The highest BCUT2D eigenvalue weighted by Gasteiger charge is 2.41. The Morgan fingerprint density at radius 2 is 1.91 bits per heavy atom. The van der Waals surface area contributed by atoms with Crippen LogP contribution in [0.15, 0.2) is 47.4 Å². The third kappa shape index (κ3) is 5.25. The van der Waals surface area contributed by atoms with Crippen LogP contribution in [-0.4, -0.2) is 57.5 Å². The first-order valence-electron chi connectivity index (χ1n) is 9.97. The number of nitrogens with zero attached hydrogens (tertiary/aromatic N) is 1. The number of rotatable bonds is 7. The Hall–Kier alpha value is -2.98. The van der Waals surface area contributed by atoms with Crippen molar-refractivity contribution in [3.63, 3.8) is 0 Å². The number of ether oxygens (including phenoxy) is 2. The van der Waals surface area contributed by atoms with E-state index in [1.165, 1.54) is 36.3 Å². The van der Waals surface area contributed by atoms with E-state index >= 15 is 0 Å². The number of benzene rings is 2. The summed E-state index contributed by atoms with van der Waals surface area (Å²) in [7, 11) is -2.75. The van der Waals surface area contributed by atoms with Gasteiger partial charge in [-0.05, 0) is 43.2 Å². The Morgan fingerprint density at radius 1 is 1.19 bits per heavy atom. The van der Waals surface area contributed by atoms with Gasteiger partial charge in [0.25, 0.3) is 0 Å². The monoisotopic (exact) mass is 464 g/mol. The molecule has 32 heavy (non-hydrogen) atoms. The fraction of sp³-hybridized carbons (Fsp3) is 0.364. The fourth-order valence-electron chi connectivity index (χ4n) is 3.57. The van der Waals surface area contributed by atoms with Gasteiger partial charge in [-0.1, -0.05) is 24.3 Å². The lowest BCUT2D eigenvalue weighted by molar-refractivity contribution is -0.150. The molecule has 0 aromatic heterocycles. The summed E-state index contributed by atoms with van der Waals surface area (Å²) in [6.45, 7) is 2.87. The molecule has 8 nitrogen and oxygen atoms in total. The highest BCUT2D eigenvalue weighted by Crippen LogP contribution is 2.26. The summed E-state index contributed by atoms with van der Waals surface area (Å²) < 4.78 is 52.0. The molecule has 1 amide bonds. The Morgan fingerprint density at radius 3 is 2.59 bits per heavy atom. The van der Waals surface area contributed by atoms with E-state index in [1.54, 1.807) is 32.0 Å². The zero-order valence-corrected chi connectivity index (χ0v) is 18.8. The molecular weight excluding hydrogens is 439 g/mol. The number of carbonyl (C=O) groups is 2. The number of sulfonamides is 1. The number of amides is 1. The largest absolute Gasteiger partial charge is 0.485 e. The van der Waals surface area contributed by atoms with Crippen molar-refractivity contribution in [3.05, 3.63) is 59.4 Å². The number of nitrogens with one attached hydrogen (secondary N) is 1. The van der Waals surface area contributed by atoms with E-state index < -0.39 is 46.4 Å². The number of aryl methyl sites for hydroxylation is 2. The van der Waals surface area contributed by atoms with Crippen molar-refractivity contribution in [3.8, 4) is 5.75 Å². The zero-order valence-electron chi connectivity index (χ0n) is 18.0. The van der Waals surface area contributed by atoms with E-state index in [1.807, 2.05) is 0 Å². The zero-order chi connectivity index (χ0) is 23.5. The van der Waals surface area contributed by atoms with Crippen molar-refractivity contribution >= 4 is 21.9 Å². The van der Waals surface area contributed by atoms with E-state index in [-0.39, 0.29) is 23.6 Å². The third-order valence-electron chi connectivity index (χ3n) is 5.23. The van der Waals surface area contributed by atoms with Gasteiger partial charge < -0.3 is 14.4 Å². The first-order chi connectivity index (χ1) is 15.1. The molecule has 0 bridgehead atoms. The van der Waals surface area contributed by atoms with Crippen LogP contribution in [0.3, 0.4) is 0 Å². The number of likely N-dealkylation sites (tertiary alicyclic amines) is 1. The molecule has 2 aromatic carbocycles. The lowest BCUT2D eigenvalue weighted by atomic mass is 10.2. The van der Waals surface area contributed by atoms with Crippen molar-refractivity contribution < 1.29 is 31.9 Å². The predicted octanol–water partition coefficient (Wildman–Crippen LogP) is 1.94. The van der Waals surface area contributed by atoms with Crippen molar-refractivity contribution in [1.29, 1.82) is 0 Å². The number of para-hydroxylation sites is 1. The maximum Gasteiger partial charge on any atom is 0.328 e. The van der Waals surface area contributed by atoms with Gasteiger partial charge >= 0.3 is 5.97 Å². The van der Waals surface area contributed by atoms with Crippen LogP contribution >= 0.6 is 0 Å². The smallest absolute Gasteiger partial charge is 0.328 e. The van der Waals surface area contributed by atoms with Crippen LogP contribution < -0.4 is 9.46 Å². The molecule has 1 aliphatic heterocycles. The third-order valence-corrected chi connectivity index (χ3v) is 6.78. The number of halogens is 1. The summed E-state index contributed by atoms with van der Waals surface area (Å²) in [5.41, 5.74) is 1.31. The minimum absolute atomic E-state index is 0.00559. The second-order valence-corrected chi connectivity index (χ2v) is 9.32. The number of methoxy groups -OCH3 is 1. The lowest BCUT2D eigenvalue weighted by Crippen LogP contribution is -2.46. The summed E-state index contributed by atoms with van der Waals surface area (Å²) in [6.07, 6.45) is -0.563. The first kappa shape index (κ1) is 23.7. The van der Waals surface area contributed by atoms with Gasteiger partial charge in [-0.15, -0.1) is 0 Å². The van der Waals surface area contributed by atoms with Crippen LogP contribution in [-0.2, 0) is 24.3 Å². The Bertz CT molecular complexity index is 1120. The summed E-state index contributed by atoms with van der Waals surface area (Å²) in [6, 6.07) is 9.85. The number of esters is 1. The van der Waals surface area contributed by atoms with Crippen LogP contribution in [0.25, 0.3) is 0 Å². The summed E-state index contributed by atoms with van der Waals surface area (Å²) in [5.74, 6) is -1.83. The molecule has 10 heteroatoms. The van der Waals surface area contributed by atoms with Gasteiger partial charge in [-0.2, -0.15) is 0 Å². The van der Waals surface area contributed by atoms with Gasteiger partial charge in [0.15, 0.2) is 11.6 Å². The van der Waals surface area contributed by atoms with Crippen LogP contribution in [0, 0.1) is 19.7 Å². The molecule has 1 fully saturated rings. The van der Waals surface area contributed by atoms with E-state index in [4.69, 9.17) is 9.47 Å². The molecule has 2 aromatic rings. The maximum absolute atomic E-state index is 13.9. The number of hydrogen-bond donors (Lipinski definition) is 1. The Labute approximate surface area is 186 Å². The molecule has 0 aliphatic carbocycles. The molecule has 1 aliphatic rings. The molecule has 172 valence electrons. The van der Waals surface area contributed by atoms with Crippen LogP contribution in [0.5, 0.6) is 5.75 Å². The van der Waals surface area contributed by atoms with Gasteiger partial charge in [-0.3, -0.25) is 4.79 Å². The normalized spacial score (nSPS) is 18.4. The van der Waals surface area contributed by atoms with E-state index in [0.717, 1.165) is 5.56 Å². The average molecular weight is 465 g/mol. The number of hydrogen-bond acceptors (Lipinski definition) is 6. The molecule has 1 saturated heterocycles. The summed E-state index contributed by atoms with van der Waals surface area (Å²) in [4.78, 5) is 26.3. The second kappa shape index (κ2) is 9.66. The van der Waals surface area contributed by atoms with Gasteiger partial charge in [0.2, 0.25) is 15.9 Å². The molecule has 1 N–H and O–H groups in total. The highest BCUT2D eigenvalue weighted by molar-refractivity contribution is 7.89. The quantitative estimate of drug-likeness (QED) is 0.629. The molecule has 0 radical (unpaired) electrons. The molecule has 2 atom stereocenters. The van der Waals surface area contributed by atoms with Gasteiger partial charge in [0.05, 0.1) is 25.1 Å². The second-order valence-electron chi connectivity index (χ2n) is 7.58. The van der Waals surface area contributed by atoms with Crippen molar-refractivity contribution in [2.45, 2.75) is 37.3 Å². The molecule has 2 unspecified atom stereocenters. The molecule has 1 heterocycles.